The first-order valence-corrected chi connectivity index (χ1v) is 15.4. The highest BCUT2D eigenvalue weighted by Gasteiger charge is 2.63. The minimum atomic E-state index is -6.02. The summed E-state index contributed by atoms with van der Waals surface area (Å²) in [6.45, 7) is 6.86. The van der Waals surface area contributed by atoms with E-state index in [-0.39, 0.29) is 29.4 Å². The molecule has 1 aromatic carbocycles. The van der Waals surface area contributed by atoms with E-state index in [9.17, 15) is 26.7 Å². The maximum Gasteiger partial charge on any atom is 0.501 e. The molecule has 1 aromatic rings. The molecule has 9 atom stereocenters. The van der Waals surface area contributed by atoms with Gasteiger partial charge >= 0.3 is 18.3 Å². The molecule has 5 rings (SSSR count). The monoisotopic (exact) mass is 585 g/mol. The number of esters is 1. The zero-order valence-corrected chi connectivity index (χ0v) is 24.3. The standard InChI is InChI=1S/C32H44F5NO3/c1-19(18-27(40-22-10-8-21(38)9-11-22)28(39)41-32(36,37)31(33,34)35)24-13-14-25-23-12-7-20-6-4-5-16-29(20,2)26(23)15-17-30(24,25)3/h8-11,19-20,23-27H,4-7,12-18,38H2,1-3H3/t19-,20?,23+,24-,25+,26+,27?,29+,30-/m1/s1. The Morgan fingerprint density at radius 2 is 1.61 bits per heavy atom. The maximum absolute atomic E-state index is 13.7. The van der Waals surface area contributed by atoms with Gasteiger partial charge in [-0.2, -0.15) is 22.0 Å². The highest BCUT2D eigenvalue weighted by atomic mass is 19.4. The van der Waals surface area contributed by atoms with Crippen molar-refractivity contribution in [3.63, 3.8) is 0 Å². The van der Waals surface area contributed by atoms with E-state index in [4.69, 9.17) is 10.5 Å². The second-order valence-corrected chi connectivity index (χ2v) is 14.0. The van der Waals surface area contributed by atoms with Gasteiger partial charge in [0.25, 0.3) is 0 Å². The Bertz CT molecular complexity index is 1090. The summed E-state index contributed by atoms with van der Waals surface area (Å²) in [6.07, 6.45) is -1.07. The van der Waals surface area contributed by atoms with Crippen molar-refractivity contribution >= 4 is 11.7 Å². The lowest BCUT2D eigenvalue weighted by atomic mass is 9.44. The molecule has 230 valence electrons. The SMILES string of the molecule is C[C@H](CC(Oc1ccc(N)cc1)C(=O)OC(F)(F)C(F)(F)F)[C@H]1CC[C@H]2[C@@H]3CCC4CCCC[C@]4(C)[C@H]3CC[C@]12C. The predicted octanol–water partition coefficient (Wildman–Crippen LogP) is 8.79. The Hall–Kier alpha value is -2.06. The van der Waals surface area contributed by atoms with Crippen LogP contribution >= 0.6 is 0 Å². The molecule has 0 aliphatic heterocycles. The molecule has 0 bridgehead atoms. The van der Waals surface area contributed by atoms with Crippen LogP contribution in [0.5, 0.6) is 5.75 Å². The normalized spacial score (nSPS) is 36.8. The number of ether oxygens (including phenoxy) is 2. The Labute approximate surface area is 239 Å². The number of nitrogens with two attached hydrogens (primary N) is 1. The van der Waals surface area contributed by atoms with Gasteiger partial charge in [0.2, 0.25) is 0 Å². The summed E-state index contributed by atoms with van der Waals surface area (Å²) in [6, 6.07) is 5.93. The number of hydrogen-bond donors (Lipinski definition) is 1. The number of rotatable bonds is 7. The van der Waals surface area contributed by atoms with Gasteiger partial charge in [0, 0.05) is 5.69 Å². The topological polar surface area (TPSA) is 61.5 Å². The first-order chi connectivity index (χ1) is 19.2. The van der Waals surface area contributed by atoms with Crippen molar-refractivity contribution in [3.05, 3.63) is 24.3 Å². The van der Waals surface area contributed by atoms with Gasteiger partial charge in [-0.05, 0) is 128 Å². The summed E-state index contributed by atoms with van der Waals surface area (Å²) in [5.74, 6) is 1.28. The average molecular weight is 586 g/mol. The van der Waals surface area contributed by atoms with Crippen LogP contribution in [0, 0.1) is 46.3 Å². The van der Waals surface area contributed by atoms with E-state index in [1.165, 1.54) is 69.2 Å². The van der Waals surface area contributed by atoms with E-state index >= 15 is 0 Å². The van der Waals surface area contributed by atoms with Crippen LogP contribution in [0.15, 0.2) is 24.3 Å². The molecular weight excluding hydrogens is 541 g/mol. The molecule has 0 spiro atoms. The van der Waals surface area contributed by atoms with E-state index < -0.39 is 24.4 Å². The molecule has 9 heteroatoms. The number of hydrogen-bond acceptors (Lipinski definition) is 4. The number of carbonyl (C=O) groups excluding carboxylic acids is 1. The molecule has 4 fully saturated rings. The van der Waals surface area contributed by atoms with Gasteiger partial charge in [0.1, 0.15) is 5.75 Å². The number of nitrogen functional groups attached to an aromatic ring is 1. The fourth-order valence-corrected chi connectivity index (χ4v) is 9.93. The number of halogens is 5. The fourth-order valence-electron chi connectivity index (χ4n) is 9.93. The summed E-state index contributed by atoms with van der Waals surface area (Å²) in [4.78, 5) is 12.8. The lowest BCUT2D eigenvalue weighted by Gasteiger charge is -2.61. The van der Waals surface area contributed by atoms with Crippen molar-refractivity contribution in [2.24, 2.45) is 46.3 Å². The number of fused-ring (bicyclic) bond motifs is 5. The van der Waals surface area contributed by atoms with Crippen LogP contribution in [0.25, 0.3) is 0 Å². The largest absolute Gasteiger partial charge is 0.501 e. The Kier molecular flexibility index (Phi) is 8.08. The molecule has 0 amide bonds. The molecule has 4 aliphatic carbocycles. The van der Waals surface area contributed by atoms with Crippen LogP contribution < -0.4 is 10.5 Å². The fraction of sp³-hybridized carbons (Fsp3) is 0.781. The molecule has 4 saturated carbocycles. The second kappa shape index (κ2) is 10.9. The van der Waals surface area contributed by atoms with Gasteiger partial charge < -0.3 is 15.2 Å². The molecule has 0 saturated heterocycles. The second-order valence-electron chi connectivity index (χ2n) is 14.0. The van der Waals surface area contributed by atoms with E-state index in [2.05, 4.69) is 18.6 Å². The summed E-state index contributed by atoms with van der Waals surface area (Å²) in [7, 11) is 0. The van der Waals surface area contributed by atoms with E-state index in [0.29, 0.717) is 22.9 Å². The van der Waals surface area contributed by atoms with E-state index in [1.54, 1.807) is 0 Å². The number of carbonyl (C=O) groups is 1. The molecule has 0 radical (unpaired) electrons. The van der Waals surface area contributed by atoms with Crippen LogP contribution in [-0.2, 0) is 9.53 Å². The van der Waals surface area contributed by atoms with Crippen LogP contribution in [0.1, 0.15) is 91.4 Å². The Morgan fingerprint density at radius 3 is 2.29 bits per heavy atom. The van der Waals surface area contributed by atoms with Crippen LogP contribution in [-0.4, -0.2) is 24.4 Å². The quantitative estimate of drug-likeness (QED) is 0.197. The van der Waals surface area contributed by atoms with Crippen molar-refractivity contribution in [1.29, 1.82) is 0 Å². The van der Waals surface area contributed by atoms with Crippen LogP contribution in [0.2, 0.25) is 0 Å². The highest BCUT2D eigenvalue weighted by molar-refractivity contribution is 5.75. The van der Waals surface area contributed by atoms with Crippen molar-refractivity contribution in [2.75, 3.05) is 5.73 Å². The first-order valence-electron chi connectivity index (χ1n) is 15.4. The average Bonchev–Trinajstić information content (AvgIpc) is 3.25. The van der Waals surface area contributed by atoms with E-state index in [1.807, 2.05) is 6.92 Å². The molecule has 2 unspecified atom stereocenters. The number of anilines is 1. The third kappa shape index (κ3) is 5.55. The lowest BCUT2D eigenvalue weighted by molar-refractivity contribution is -0.377. The third-order valence-electron chi connectivity index (χ3n) is 11.9. The lowest BCUT2D eigenvalue weighted by Crippen LogP contribution is -2.53. The zero-order valence-electron chi connectivity index (χ0n) is 24.3. The highest BCUT2D eigenvalue weighted by Crippen LogP contribution is 2.68. The molecule has 0 aromatic heterocycles. The van der Waals surface area contributed by atoms with Gasteiger partial charge in [-0.15, -0.1) is 0 Å². The summed E-state index contributed by atoms with van der Waals surface area (Å²) < 4.78 is 75.5. The summed E-state index contributed by atoms with van der Waals surface area (Å²) in [5.41, 5.74) is 6.58. The van der Waals surface area contributed by atoms with Gasteiger partial charge in [-0.1, -0.05) is 33.6 Å². The van der Waals surface area contributed by atoms with E-state index in [0.717, 1.165) is 31.1 Å². The van der Waals surface area contributed by atoms with Gasteiger partial charge in [-0.25, -0.2) is 4.79 Å². The van der Waals surface area contributed by atoms with Crippen molar-refractivity contribution < 1.29 is 36.2 Å². The van der Waals surface area contributed by atoms with Crippen LogP contribution in [0.4, 0.5) is 27.6 Å². The number of benzene rings is 1. The minimum absolute atomic E-state index is 0.0159. The van der Waals surface area contributed by atoms with Gasteiger partial charge in [-0.3, -0.25) is 0 Å². The van der Waals surface area contributed by atoms with Crippen molar-refractivity contribution in [2.45, 2.75) is 110 Å². The third-order valence-corrected chi connectivity index (χ3v) is 11.9. The smallest absolute Gasteiger partial charge is 0.479 e. The predicted molar refractivity (Wildman–Crippen MR) is 146 cm³/mol. The Morgan fingerprint density at radius 1 is 0.927 bits per heavy atom. The molecule has 4 aliphatic rings. The first kappa shape index (κ1) is 30.4. The molecule has 41 heavy (non-hydrogen) atoms. The zero-order chi connectivity index (χ0) is 29.8. The molecule has 2 N–H and O–H groups in total. The Balaban J connectivity index is 1.33. The maximum atomic E-state index is 13.7. The summed E-state index contributed by atoms with van der Waals surface area (Å²) >= 11 is 0. The van der Waals surface area contributed by atoms with Gasteiger partial charge in [0.15, 0.2) is 6.10 Å². The molecule has 4 nitrogen and oxygen atoms in total. The number of alkyl halides is 5. The van der Waals surface area contributed by atoms with Gasteiger partial charge in [0.05, 0.1) is 0 Å². The van der Waals surface area contributed by atoms with Crippen molar-refractivity contribution in [1.82, 2.24) is 0 Å². The van der Waals surface area contributed by atoms with Crippen LogP contribution in [0.3, 0.4) is 0 Å². The minimum Gasteiger partial charge on any atom is -0.479 e. The molecule has 0 heterocycles. The molecular formula is C32H44F5NO3. The summed E-state index contributed by atoms with van der Waals surface area (Å²) in [5, 5.41) is 0. The van der Waals surface area contributed by atoms with Crippen molar-refractivity contribution in [3.8, 4) is 5.75 Å².